The quantitative estimate of drug-likeness (QED) is 0.838. The van der Waals surface area contributed by atoms with E-state index < -0.39 is 11.5 Å². The highest BCUT2D eigenvalue weighted by atomic mass is 16.4. The molecule has 0 bridgehead atoms. The first-order valence-corrected chi connectivity index (χ1v) is 6.46. The summed E-state index contributed by atoms with van der Waals surface area (Å²) in [5.41, 5.74) is 0.335. The molecule has 1 rings (SSSR count). The Morgan fingerprint density at radius 2 is 2.10 bits per heavy atom. The normalized spacial score (nSPS) is 11.2. The number of urea groups is 1. The van der Waals surface area contributed by atoms with Crippen LogP contribution in [-0.2, 0) is 18.3 Å². The maximum Gasteiger partial charge on any atom is 0.323 e. The van der Waals surface area contributed by atoms with Crippen LogP contribution >= 0.6 is 0 Å². The van der Waals surface area contributed by atoms with Crippen molar-refractivity contribution in [1.29, 1.82) is 0 Å². The van der Waals surface area contributed by atoms with Gasteiger partial charge in [0.05, 0.1) is 5.69 Å². The molecule has 0 spiro atoms. The summed E-state index contributed by atoms with van der Waals surface area (Å²) < 4.78 is 1.70. The van der Waals surface area contributed by atoms with Crippen LogP contribution in [0.25, 0.3) is 0 Å². The Bertz CT molecular complexity index is 476. The van der Waals surface area contributed by atoms with Crippen LogP contribution in [0, 0.1) is 0 Å². The average Bonchev–Trinajstić information content (AvgIpc) is 2.70. The van der Waals surface area contributed by atoms with Gasteiger partial charge in [-0.05, 0) is 26.8 Å². The van der Waals surface area contributed by atoms with Crippen molar-refractivity contribution in [3.8, 4) is 0 Å². The third kappa shape index (κ3) is 4.91. The van der Waals surface area contributed by atoms with Crippen molar-refractivity contribution in [1.82, 2.24) is 20.0 Å². The predicted molar refractivity (Wildman–Crippen MR) is 74.4 cm³/mol. The fraction of sp³-hybridized carbons (Fsp3) is 0.615. The number of aryl methyl sites for hydroxylation is 1. The number of carbonyl (C=O) groups is 2. The van der Waals surface area contributed by atoms with Gasteiger partial charge in [0.2, 0.25) is 0 Å². The molecule has 2 N–H and O–H groups in total. The van der Waals surface area contributed by atoms with Crippen LogP contribution in [0.3, 0.4) is 0 Å². The Hall–Kier alpha value is -2.05. The second-order valence-corrected chi connectivity index (χ2v) is 5.61. The van der Waals surface area contributed by atoms with E-state index in [0.29, 0.717) is 13.0 Å². The fourth-order valence-corrected chi connectivity index (χ4v) is 1.74. The molecule has 0 saturated heterocycles. The van der Waals surface area contributed by atoms with Crippen LogP contribution in [0.4, 0.5) is 4.79 Å². The molecule has 0 atom stereocenters. The maximum atomic E-state index is 12.0. The summed E-state index contributed by atoms with van der Waals surface area (Å²) in [4.78, 5) is 24.2. The molecule has 0 aromatic carbocycles. The SMILES string of the molecule is Cn1ccc(CCNC(=O)N(CC(=O)O)C(C)(C)C)n1. The van der Waals surface area contributed by atoms with E-state index >= 15 is 0 Å². The standard InChI is InChI=1S/C13H22N4O3/c1-13(2,3)17(9-11(18)19)12(20)14-7-5-10-6-8-16(4)15-10/h6,8H,5,7,9H2,1-4H3,(H,14,20)(H,18,19). The van der Waals surface area contributed by atoms with Crippen molar-refractivity contribution >= 4 is 12.0 Å². The molecule has 1 aromatic heterocycles. The molecule has 1 aromatic rings. The smallest absolute Gasteiger partial charge is 0.323 e. The summed E-state index contributed by atoms with van der Waals surface area (Å²) in [6.45, 7) is 5.50. The van der Waals surface area contributed by atoms with Crippen molar-refractivity contribution < 1.29 is 14.7 Å². The zero-order chi connectivity index (χ0) is 15.3. The Labute approximate surface area is 118 Å². The summed E-state index contributed by atoms with van der Waals surface area (Å²) in [7, 11) is 1.83. The number of carboxylic acid groups (broad SMARTS) is 1. The molecular weight excluding hydrogens is 260 g/mol. The lowest BCUT2D eigenvalue weighted by Crippen LogP contribution is -2.52. The number of carboxylic acids is 1. The minimum absolute atomic E-state index is 0.321. The molecule has 0 radical (unpaired) electrons. The van der Waals surface area contributed by atoms with Crippen molar-refractivity contribution in [2.24, 2.45) is 7.05 Å². The Balaban J connectivity index is 2.52. The van der Waals surface area contributed by atoms with E-state index in [-0.39, 0.29) is 12.6 Å². The molecule has 0 aliphatic rings. The molecule has 20 heavy (non-hydrogen) atoms. The minimum Gasteiger partial charge on any atom is -0.480 e. The maximum absolute atomic E-state index is 12.0. The number of hydrogen-bond acceptors (Lipinski definition) is 3. The van der Waals surface area contributed by atoms with Gasteiger partial charge in [0.15, 0.2) is 0 Å². The van der Waals surface area contributed by atoms with E-state index in [0.717, 1.165) is 5.69 Å². The van der Waals surface area contributed by atoms with Gasteiger partial charge in [0.25, 0.3) is 0 Å². The van der Waals surface area contributed by atoms with E-state index in [1.807, 2.05) is 19.3 Å². The molecule has 1 heterocycles. The Kier molecular flexibility index (Phi) is 5.12. The Morgan fingerprint density at radius 3 is 2.55 bits per heavy atom. The number of amides is 2. The molecule has 0 aliphatic heterocycles. The minimum atomic E-state index is -1.03. The van der Waals surface area contributed by atoms with Gasteiger partial charge in [-0.2, -0.15) is 5.10 Å². The highest BCUT2D eigenvalue weighted by molar-refractivity contribution is 5.80. The molecule has 0 aliphatic carbocycles. The van der Waals surface area contributed by atoms with Gasteiger partial charge in [-0.1, -0.05) is 0 Å². The number of carbonyl (C=O) groups excluding carboxylic acids is 1. The summed E-state index contributed by atoms with van der Waals surface area (Å²) in [5, 5.41) is 15.8. The van der Waals surface area contributed by atoms with Crippen LogP contribution in [0.1, 0.15) is 26.5 Å². The van der Waals surface area contributed by atoms with Crippen molar-refractivity contribution in [3.63, 3.8) is 0 Å². The van der Waals surface area contributed by atoms with E-state index in [4.69, 9.17) is 5.11 Å². The van der Waals surface area contributed by atoms with E-state index in [2.05, 4.69) is 10.4 Å². The molecule has 0 unspecified atom stereocenters. The van der Waals surface area contributed by atoms with E-state index in [1.165, 1.54) is 4.90 Å². The van der Waals surface area contributed by atoms with Crippen LogP contribution in [0.15, 0.2) is 12.3 Å². The number of aromatic nitrogens is 2. The lowest BCUT2D eigenvalue weighted by molar-refractivity contribution is -0.138. The molecule has 0 fully saturated rings. The lowest BCUT2D eigenvalue weighted by Gasteiger charge is -2.34. The van der Waals surface area contributed by atoms with Gasteiger partial charge in [0.1, 0.15) is 6.54 Å². The van der Waals surface area contributed by atoms with Gasteiger partial charge in [-0.3, -0.25) is 9.48 Å². The molecule has 7 nitrogen and oxygen atoms in total. The number of rotatable bonds is 5. The number of aliphatic carboxylic acids is 1. The van der Waals surface area contributed by atoms with Gasteiger partial charge >= 0.3 is 12.0 Å². The molecule has 2 amide bonds. The zero-order valence-electron chi connectivity index (χ0n) is 12.4. The first kappa shape index (κ1) is 16.0. The summed E-state index contributed by atoms with van der Waals surface area (Å²) in [6.07, 6.45) is 2.45. The third-order valence-electron chi connectivity index (χ3n) is 2.77. The second-order valence-electron chi connectivity index (χ2n) is 5.61. The number of nitrogens with one attached hydrogen (secondary N) is 1. The monoisotopic (exact) mass is 282 g/mol. The zero-order valence-corrected chi connectivity index (χ0v) is 12.4. The largest absolute Gasteiger partial charge is 0.480 e. The fourth-order valence-electron chi connectivity index (χ4n) is 1.74. The third-order valence-corrected chi connectivity index (χ3v) is 2.77. The first-order valence-electron chi connectivity index (χ1n) is 6.46. The lowest BCUT2D eigenvalue weighted by atomic mass is 10.1. The van der Waals surface area contributed by atoms with Gasteiger partial charge in [0, 0.05) is 31.7 Å². The average molecular weight is 282 g/mol. The molecule has 7 heteroatoms. The predicted octanol–water partition coefficient (Wildman–Crippen LogP) is 0.857. The topological polar surface area (TPSA) is 87.5 Å². The highest BCUT2D eigenvalue weighted by Gasteiger charge is 2.28. The van der Waals surface area contributed by atoms with Gasteiger partial charge < -0.3 is 15.3 Å². The Morgan fingerprint density at radius 1 is 1.45 bits per heavy atom. The van der Waals surface area contributed by atoms with Gasteiger partial charge in [-0.15, -0.1) is 0 Å². The van der Waals surface area contributed by atoms with Crippen molar-refractivity contribution in [2.45, 2.75) is 32.7 Å². The van der Waals surface area contributed by atoms with Crippen LogP contribution in [0.2, 0.25) is 0 Å². The molecule has 112 valence electrons. The van der Waals surface area contributed by atoms with E-state index in [1.54, 1.807) is 25.5 Å². The second kappa shape index (κ2) is 6.40. The highest BCUT2D eigenvalue weighted by Crippen LogP contribution is 2.12. The first-order chi connectivity index (χ1) is 9.20. The summed E-state index contributed by atoms with van der Waals surface area (Å²) in [5.74, 6) is -1.03. The van der Waals surface area contributed by atoms with Crippen LogP contribution in [0.5, 0.6) is 0 Å². The van der Waals surface area contributed by atoms with Crippen LogP contribution < -0.4 is 5.32 Å². The summed E-state index contributed by atoms with van der Waals surface area (Å²) in [6, 6.07) is 1.50. The number of hydrogen-bond donors (Lipinski definition) is 2. The van der Waals surface area contributed by atoms with Gasteiger partial charge in [-0.25, -0.2) is 4.79 Å². The molecular formula is C13H22N4O3. The van der Waals surface area contributed by atoms with Crippen LogP contribution in [-0.4, -0.2) is 50.4 Å². The summed E-state index contributed by atoms with van der Waals surface area (Å²) >= 11 is 0. The van der Waals surface area contributed by atoms with E-state index in [9.17, 15) is 9.59 Å². The van der Waals surface area contributed by atoms with Crippen molar-refractivity contribution in [2.75, 3.05) is 13.1 Å². The van der Waals surface area contributed by atoms with Crippen molar-refractivity contribution in [3.05, 3.63) is 18.0 Å². The number of nitrogens with zero attached hydrogens (tertiary/aromatic N) is 3. The molecule has 0 saturated carbocycles.